The molecule has 0 saturated heterocycles. The van der Waals surface area contributed by atoms with Gasteiger partial charge >= 0.3 is 5.97 Å². The predicted molar refractivity (Wildman–Crippen MR) is 109 cm³/mol. The van der Waals surface area contributed by atoms with Crippen LogP contribution in [-0.4, -0.2) is 30.8 Å². The fourth-order valence-corrected chi connectivity index (χ4v) is 2.99. The van der Waals surface area contributed by atoms with E-state index in [2.05, 4.69) is 5.32 Å². The smallest absolute Gasteiger partial charge is 0.306 e. The summed E-state index contributed by atoms with van der Waals surface area (Å²) >= 11 is 5.79. The molecule has 0 fully saturated rings. The summed E-state index contributed by atoms with van der Waals surface area (Å²) in [7, 11) is 0. The number of rotatable bonds is 8. The molecule has 150 valence electrons. The molecule has 2 aromatic carbocycles. The van der Waals surface area contributed by atoms with Gasteiger partial charge in [0.15, 0.2) is 12.4 Å². The molecule has 0 saturated carbocycles. The summed E-state index contributed by atoms with van der Waals surface area (Å²) < 4.78 is 10.6. The van der Waals surface area contributed by atoms with Crippen molar-refractivity contribution in [1.82, 2.24) is 5.32 Å². The summed E-state index contributed by atoms with van der Waals surface area (Å²) in [5.41, 5.74) is 1.84. The maximum absolute atomic E-state index is 12.3. The first-order chi connectivity index (χ1) is 14.0. The van der Waals surface area contributed by atoms with E-state index in [1.807, 2.05) is 18.2 Å². The van der Waals surface area contributed by atoms with Crippen LogP contribution in [0.25, 0.3) is 11.0 Å². The molecule has 29 heavy (non-hydrogen) atoms. The van der Waals surface area contributed by atoms with Crippen molar-refractivity contribution in [2.75, 3.05) is 13.2 Å². The van der Waals surface area contributed by atoms with Gasteiger partial charge < -0.3 is 14.5 Å². The van der Waals surface area contributed by atoms with E-state index in [1.165, 1.54) is 0 Å². The van der Waals surface area contributed by atoms with Crippen molar-refractivity contribution in [2.45, 2.75) is 19.8 Å². The van der Waals surface area contributed by atoms with Crippen LogP contribution in [0.1, 0.15) is 39.3 Å². The Balaban J connectivity index is 1.40. The zero-order valence-electron chi connectivity index (χ0n) is 15.9. The fourth-order valence-electron chi connectivity index (χ4n) is 2.86. The third kappa shape index (κ3) is 5.23. The SMILES string of the molecule is Cc1c(C(=O)COC(=O)CCCNC(=O)c2ccc(Cl)cc2)oc2ccccc12. The highest BCUT2D eigenvalue weighted by Crippen LogP contribution is 2.25. The quantitative estimate of drug-likeness (QED) is 0.337. The highest BCUT2D eigenvalue weighted by atomic mass is 35.5. The van der Waals surface area contributed by atoms with Crippen molar-refractivity contribution in [3.05, 3.63) is 70.4 Å². The average molecular weight is 414 g/mol. The van der Waals surface area contributed by atoms with Gasteiger partial charge in [-0.05, 0) is 43.7 Å². The number of aryl methyl sites for hydroxylation is 1. The van der Waals surface area contributed by atoms with Crippen LogP contribution < -0.4 is 5.32 Å². The Morgan fingerprint density at radius 3 is 2.52 bits per heavy atom. The Morgan fingerprint density at radius 2 is 1.79 bits per heavy atom. The number of esters is 1. The second-order valence-electron chi connectivity index (χ2n) is 6.50. The van der Waals surface area contributed by atoms with Gasteiger partial charge in [0, 0.05) is 34.5 Å². The number of ether oxygens (including phenoxy) is 1. The molecule has 3 rings (SSSR count). The molecular weight excluding hydrogens is 394 g/mol. The van der Waals surface area contributed by atoms with Gasteiger partial charge in [0.25, 0.3) is 5.91 Å². The highest BCUT2D eigenvalue weighted by molar-refractivity contribution is 6.30. The van der Waals surface area contributed by atoms with Crippen LogP contribution in [0.5, 0.6) is 0 Å². The van der Waals surface area contributed by atoms with Crippen LogP contribution in [0.4, 0.5) is 0 Å². The number of furan rings is 1. The number of hydrogen-bond donors (Lipinski definition) is 1. The molecule has 1 N–H and O–H groups in total. The van der Waals surface area contributed by atoms with Crippen LogP contribution in [0.2, 0.25) is 5.02 Å². The molecule has 0 atom stereocenters. The van der Waals surface area contributed by atoms with E-state index in [1.54, 1.807) is 37.3 Å². The number of fused-ring (bicyclic) bond motifs is 1. The average Bonchev–Trinajstić information content (AvgIpc) is 3.06. The predicted octanol–water partition coefficient (Wildman–Crippen LogP) is 4.33. The molecule has 1 heterocycles. The molecule has 7 heteroatoms. The van der Waals surface area contributed by atoms with Gasteiger partial charge in [-0.15, -0.1) is 0 Å². The lowest BCUT2D eigenvalue weighted by molar-refractivity contribution is -0.142. The Bertz CT molecular complexity index is 1040. The molecule has 1 aromatic heterocycles. The largest absolute Gasteiger partial charge is 0.457 e. The van der Waals surface area contributed by atoms with Gasteiger partial charge in [-0.3, -0.25) is 14.4 Å². The van der Waals surface area contributed by atoms with Crippen molar-refractivity contribution in [2.24, 2.45) is 0 Å². The second-order valence-corrected chi connectivity index (χ2v) is 6.94. The Labute approximate surface area is 172 Å². The summed E-state index contributed by atoms with van der Waals surface area (Å²) in [5, 5.41) is 4.13. The molecule has 0 aliphatic heterocycles. The standard InChI is InChI=1S/C22H20ClNO5/c1-14-17-5-2-3-6-19(17)29-21(14)18(25)13-28-20(26)7-4-12-24-22(27)15-8-10-16(23)11-9-15/h2-3,5-6,8-11H,4,7,12-13H2,1H3,(H,24,27). The number of benzene rings is 2. The van der Waals surface area contributed by atoms with Crippen LogP contribution in [0.15, 0.2) is 52.9 Å². The van der Waals surface area contributed by atoms with Gasteiger partial charge in [0.05, 0.1) is 0 Å². The number of carbonyl (C=O) groups is 3. The maximum atomic E-state index is 12.3. The number of halogens is 1. The highest BCUT2D eigenvalue weighted by Gasteiger charge is 2.18. The zero-order chi connectivity index (χ0) is 20.8. The summed E-state index contributed by atoms with van der Waals surface area (Å²) in [6, 6.07) is 13.9. The van der Waals surface area contributed by atoms with Crippen molar-refractivity contribution in [3.8, 4) is 0 Å². The van der Waals surface area contributed by atoms with E-state index >= 15 is 0 Å². The third-order valence-corrected chi connectivity index (χ3v) is 4.66. The minimum absolute atomic E-state index is 0.0906. The van der Waals surface area contributed by atoms with E-state index in [9.17, 15) is 14.4 Å². The lowest BCUT2D eigenvalue weighted by Crippen LogP contribution is -2.25. The van der Waals surface area contributed by atoms with E-state index in [0.717, 1.165) is 10.9 Å². The lowest BCUT2D eigenvalue weighted by Gasteiger charge is -2.06. The number of Topliss-reactive ketones (excluding diaryl/α,β-unsaturated/α-hetero) is 1. The van der Waals surface area contributed by atoms with Gasteiger partial charge in [-0.1, -0.05) is 29.8 Å². The molecule has 6 nitrogen and oxygen atoms in total. The number of nitrogens with one attached hydrogen (secondary N) is 1. The molecule has 0 aliphatic rings. The third-order valence-electron chi connectivity index (χ3n) is 4.41. The number of hydrogen-bond acceptors (Lipinski definition) is 5. The second kappa shape index (κ2) is 9.39. The first-order valence-corrected chi connectivity index (χ1v) is 9.54. The zero-order valence-corrected chi connectivity index (χ0v) is 16.6. The topological polar surface area (TPSA) is 85.6 Å². The first-order valence-electron chi connectivity index (χ1n) is 9.16. The summed E-state index contributed by atoms with van der Waals surface area (Å²) in [6.07, 6.45) is 0.489. The van der Waals surface area contributed by atoms with E-state index in [-0.39, 0.29) is 30.5 Å². The Hall–Kier alpha value is -3.12. The number of carbonyl (C=O) groups excluding carboxylic acids is 3. The molecular formula is C22H20ClNO5. The fraction of sp³-hybridized carbons (Fsp3) is 0.227. The Morgan fingerprint density at radius 1 is 1.07 bits per heavy atom. The van der Waals surface area contributed by atoms with E-state index < -0.39 is 5.97 Å². The number of amides is 1. The van der Waals surface area contributed by atoms with Crippen molar-refractivity contribution in [1.29, 1.82) is 0 Å². The molecule has 0 bridgehead atoms. The molecule has 0 spiro atoms. The van der Waals surface area contributed by atoms with Gasteiger partial charge in [-0.25, -0.2) is 0 Å². The van der Waals surface area contributed by atoms with Crippen LogP contribution in [0, 0.1) is 6.92 Å². The monoisotopic (exact) mass is 413 g/mol. The van der Waals surface area contributed by atoms with Gasteiger partial charge in [-0.2, -0.15) is 0 Å². The molecule has 0 radical (unpaired) electrons. The van der Waals surface area contributed by atoms with Crippen LogP contribution >= 0.6 is 11.6 Å². The van der Waals surface area contributed by atoms with Crippen molar-refractivity contribution >= 4 is 40.2 Å². The Kier molecular flexibility index (Phi) is 6.67. The lowest BCUT2D eigenvalue weighted by atomic mass is 10.1. The summed E-state index contributed by atoms with van der Waals surface area (Å²) in [6.45, 7) is 1.73. The van der Waals surface area contributed by atoms with E-state index in [4.69, 9.17) is 20.8 Å². The molecule has 3 aromatic rings. The summed E-state index contributed by atoms with van der Waals surface area (Å²) in [4.78, 5) is 36.1. The van der Waals surface area contributed by atoms with Crippen molar-refractivity contribution < 1.29 is 23.5 Å². The maximum Gasteiger partial charge on any atom is 0.306 e. The minimum Gasteiger partial charge on any atom is -0.457 e. The van der Waals surface area contributed by atoms with Crippen molar-refractivity contribution in [3.63, 3.8) is 0 Å². The molecule has 0 aliphatic carbocycles. The first kappa shape index (κ1) is 20.6. The van der Waals surface area contributed by atoms with Gasteiger partial charge in [0.1, 0.15) is 5.58 Å². The minimum atomic E-state index is -0.507. The molecule has 0 unspecified atom stereocenters. The van der Waals surface area contributed by atoms with E-state index in [0.29, 0.717) is 29.1 Å². The number of ketones is 1. The van der Waals surface area contributed by atoms with Gasteiger partial charge in [0.2, 0.25) is 5.78 Å². The normalized spacial score (nSPS) is 10.7. The number of para-hydroxylation sites is 1. The van der Waals surface area contributed by atoms with Crippen LogP contribution in [-0.2, 0) is 9.53 Å². The summed E-state index contributed by atoms with van der Waals surface area (Å²) in [5.74, 6) is -0.934. The van der Waals surface area contributed by atoms with Crippen LogP contribution in [0.3, 0.4) is 0 Å². The molecule has 1 amide bonds.